The number of nitrogens with zero attached hydrogens (tertiary/aromatic N) is 3. The molecular formula is C21H32N4O2. The lowest BCUT2D eigenvalue weighted by Gasteiger charge is -2.25. The van der Waals surface area contributed by atoms with Crippen LogP contribution in [0.25, 0.3) is 0 Å². The van der Waals surface area contributed by atoms with Gasteiger partial charge < -0.3 is 15.1 Å². The highest BCUT2D eigenvalue weighted by molar-refractivity contribution is 5.94. The maximum absolute atomic E-state index is 12.8. The zero-order valence-electron chi connectivity index (χ0n) is 16.8. The monoisotopic (exact) mass is 372 g/mol. The van der Waals surface area contributed by atoms with Crippen LogP contribution in [-0.4, -0.2) is 78.0 Å². The average molecular weight is 373 g/mol. The first kappa shape index (κ1) is 19.7. The molecule has 1 unspecified atom stereocenters. The Morgan fingerprint density at radius 3 is 2.52 bits per heavy atom. The van der Waals surface area contributed by atoms with Crippen LogP contribution in [0.15, 0.2) is 24.3 Å². The molecule has 2 aliphatic heterocycles. The van der Waals surface area contributed by atoms with Gasteiger partial charge in [0.1, 0.15) is 0 Å². The number of urea groups is 1. The number of rotatable bonds is 3. The molecule has 0 aliphatic carbocycles. The van der Waals surface area contributed by atoms with Crippen LogP contribution in [-0.2, 0) is 0 Å². The van der Waals surface area contributed by atoms with Crippen molar-refractivity contribution in [3.05, 3.63) is 35.4 Å². The van der Waals surface area contributed by atoms with Crippen molar-refractivity contribution >= 4 is 11.9 Å². The van der Waals surface area contributed by atoms with E-state index in [0.29, 0.717) is 32.2 Å². The van der Waals surface area contributed by atoms with Crippen LogP contribution in [0, 0.1) is 6.92 Å². The molecule has 2 heterocycles. The van der Waals surface area contributed by atoms with Crippen molar-refractivity contribution < 1.29 is 9.59 Å². The number of hydrogen-bond acceptors (Lipinski definition) is 3. The largest absolute Gasteiger partial charge is 0.337 e. The maximum Gasteiger partial charge on any atom is 0.317 e. The maximum atomic E-state index is 12.8. The van der Waals surface area contributed by atoms with Crippen LogP contribution in [0.1, 0.15) is 42.6 Å². The third-order valence-electron chi connectivity index (χ3n) is 5.61. The quantitative estimate of drug-likeness (QED) is 0.886. The zero-order chi connectivity index (χ0) is 19.4. The smallest absolute Gasteiger partial charge is 0.317 e. The van der Waals surface area contributed by atoms with Crippen molar-refractivity contribution in [3.63, 3.8) is 0 Å². The van der Waals surface area contributed by atoms with E-state index in [1.165, 1.54) is 0 Å². The van der Waals surface area contributed by atoms with E-state index in [2.05, 4.69) is 24.1 Å². The lowest BCUT2D eigenvalue weighted by molar-refractivity contribution is 0.0762. The van der Waals surface area contributed by atoms with Crippen LogP contribution >= 0.6 is 0 Å². The Hall–Kier alpha value is -2.08. The molecule has 1 atom stereocenters. The van der Waals surface area contributed by atoms with Gasteiger partial charge in [0.2, 0.25) is 0 Å². The van der Waals surface area contributed by atoms with E-state index in [9.17, 15) is 9.59 Å². The Labute approximate surface area is 162 Å². The molecule has 148 valence electrons. The minimum Gasteiger partial charge on any atom is -0.337 e. The van der Waals surface area contributed by atoms with E-state index in [1.54, 1.807) is 0 Å². The van der Waals surface area contributed by atoms with Gasteiger partial charge in [-0.2, -0.15) is 0 Å². The summed E-state index contributed by atoms with van der Waals surface area (Å²) < 4.78 is 0. The van der Waals surface area contributed by atoms with Crippen molar-refractivity contribution in [1.82, 2.24) is 20.0 Å². The molecule has 2 aliphatic rings. The number of benzene rings is 1. The van der Waals surface area contributed by atoms with Gasteiger partial charge in [0, 0.05) is 56.9 Å². The predicted octanol–water partition coefficient (Wildman–Crippen LogP) is 2.34. The first-order valence-corrected chi connectivity index (χ1v) is 10.1. The van der Waals surface area contributed by atoms with Crippen LogP contribution in [0.2, 0.25) is 0 Å². The molecule has 0 radical (unpaired) electrons. The van der Waals surface area contributed by atoms with E-state index in [-0.39, 0.29) is 18.0 Å². The number of amides is 3. The number of hydrogen-bond donors (Lipinski definition) is 1. The number of aryl methyl sites for hydroxylation is 1. The van der Waals surface area contributed by atoms with Gasteiger partial charge >= 0.3 is 6.03 Å². The fourth-order valence-electron chi connectivity index (χ4n) is 3.92. The standard InChI is InChI=1S/C21H32N4O2/c1-16(2)25-11-8-19(15-25)22-21(27)24-10-5-9-23(12-13-24)20(26)18-7-4-6-17(3)14-18/h4,6-7,14,16,19H,5,8-13,15H2,1-3H3,(H,22,27). The fourth-order valence-corrected chi connectivity index (χ4v) is 3.92. The third kappa shape index (κ3) is 5.01. The highest BCUT2D eigenvalue weighted by Crippen LogP contribution is 2.14. The summed E-state index contributed by atoms with van der Waals surface area (Å²) in [5.41, 5.74) is 1.82. The minimum absolute atomic E-state index is 0.00969. The molecule has 3 amide bonds. The van der Waals surface area contributed by atoms with E-state index in [0.717, 1.165) is 37.1 Å². The lowest BCUT2D eigenvalue weighted by Crippen LogP contribution is -2.47. The Bertz CT molecular complexity index is 676. The second-order valence-electron chi connectivity index (χ2n) is 8.03. The summed E-state index contributed by atoms with van der Waals surface area (Å²) in [6.07, 6.45) is 1.82. The van der Waals surface area contributed by atoms with Gasteiger partial charge in [-0.05, 0) is 45.7 Å². The highest BCUT2D eigenvalue weighted by atomic mass is 16.2. The van der Waals surface area contributed by atoms with Gasteiger partial charge in [-0.3, -0.25) is 9.69 Å². The summed E-state index contributed by atoms with van der Waals surface area (Å²) in [4.78, 5) is 31.6. The second-order valence-corrected chi connectivity index (χ2v) is 8.03. The molecule has 0 spiro atoms. The summed E-state index contributed by atoms with van der Waals surface area (Å²) in [6.45, 7) is 10.9. The average Bonchev–Trinajstić information content (AvgIpc) is 2.97. The Balaban J connectivity index is 1.52. The van der Waals surface area contributed by atoms with Gasteiger partial charge in [-0.25, -0.2) is 4.79 Å². The first-order chi connectivity index (χ1) is 12.9. The molecule has 3 rings (SSSR count). The predicted molar refractivity (Wildman–Crippen MR) is 107 cm³/mol. The Morgan fingerprint density at radius 2 is 1.81 bits per heavy atom. The molecule has 27 heavy (non-hydrogen) atoms. The van der Waals surface area contributed by atoms with E-state index >= 15 is 0 Å². The lowest BCUT2D eigenvalue weighted by atomic mass is 10.1. The summed E-state index contributed by atoms with van der Waals surface area (Å²) in [5, 5.41) is 3.19. The van der Waals surface area contributed by atoms with Crippen molar-refractivity contribution in [2.75, 3.05) is 39.3 Å². The topological polar surface area (TPSA) is 55.9 Å². The normalized spacial score (nSPS) is 21.4. The van der Waals surface area contributed by atoms with Gasteiger partial charge in [0.25, 0.3) is 5.91 Å². The molecule has 0 saturated carbocycles. The van der Waals surface area contributed by atoms with Crippen molar-refractivity contribution in [1.29, 1.82) is 0 Å². The summed E-state index contributed by atoms with van der Waals surface area (Å²) in [6, 6.07) is 8.47. The van der Waals surface area contributed by atoms with Crippen LogP contribution < -0.4 is 5.32 Å². The third-order valence-corrected chi connectivity index (χ3v) is 5.61. The van der Waals surface area contributed by atoms with Gasteiger partial charge in [0.15, 0.2) is 0 Å². The minimum atomic E-state index is 0.00969. The van der Waals surface area contributed by atoms with Crippen LogP contribution in [0.3, 0.4) is 0 Å². The van der Waals surface area contributed by atoms with Gasteiger partial charge in [0.05, 0.1) is 0 Å². The molecule has 0 aromatic heterocycles. The number of nitrogens with one attached hydrogen (secondary N) is 1. The van der Waals surface area contributed by atoms with Crippen molar-refractivity contribution in [3.8, 4) is 0 Å². The summed E-state index contributed by atoms with van der Waals surface area (Å²) >= 11 is 0. The van der Waals surface area contributed by atoms with Crippen molar-refractivity contribution in [2.24, 2.45) is 0 Å². The van der Waals surface area contributed by atoms with Gasteiger partial charge in [-0.15, -0.1) is 0 Å². The Morgan fingerprint density at radius 1 is 1.07 bits per heavy atom. The molecule has 0 bridgehead atoms. The molecule has 6 nitrogen and oxygen atoms in total. The van der Waals surface area contributed by atoms with E-state index in [1.807, 2.05) is 41.0 Å². The summed E-state index contributed by atoms with van der Waals surface area (Å²) in [7, 11) is 0. The van der Waals surface area contributed by atoms with E-state index in [4.69, 9.17) is 0 Å². The first-order valence-electron chi connectivity index (χ1n) is 10.1. The SMILES string of the molecule is Cc1cccc(C(=O)N2CCCN(C(=O)NC3CCN(C(C)C)C3)CC2)c1. The summed E-state index contributed by atoms with van der Waals surface area (Å²) in [5.74, 6) is 0.0596. The van der Waals surface area contributed by atoms with Crippen LogP contribution in [0.4, 0.5) is 4.79 Å². The zero-order valence-corrected chi connectivity index (χ0v) is 16.8. The van der Waals surface area contributed by atoms with Crippen LogP contribution in [0.5, 0.6) is 0 Å². The molecular weight excluding hydrogens is 340 g/mol. The molecule has 6 heteroatoms. The Kier molecular flexibility index (Phi) is 6.37. The molecule has 2 fully saturated rings. The van der Waals surface area contributed by atoms with Gasteiger partial charge in [-0.1, -0.05) is 17.7 Å². The van der Waals surface area contributed by atoms with Crippen molar-refractivity contribution in [2.45, 2.75) is 45.7 Å². The molecule has 1 N–H and O–H groups in total. The number of carbonyl (C=O) groups is 2. The highest BCUT2D eigenvalue weighted by Gasteiger charge is 2.28. The number of carbonyl (C=O) groups excluding carboxylic acids is 2. The fraction of sp³-hybridized carbons (Fsp3) is 0.619. The number of likely N-dealkylation sites (tertiary alicyclic amines) is 1. The molecule has 1 aromatic carbocycles. The molecule has 2 saturated heterocycles. The molecule has 1 aromatic rings. The van der Waals surface area contributed by atoms with E-state index < -0.39 is 0 Å². The second kappa shape index (κ2) is 8.74.